The molecule has 3 N–H and O–H groups in total. The van der Waals surface area contributed by atoms with E-state index in [4.69, 9.17) is 14.6 Å². The van der Waals surface area contributed by atoms with Crippen LogP contribution in [0.2, 0.25) is 0 Å². The van der Waals surface area contributed by atoms with Crippen LogP contribution in [0.5, 0.6) is 5.75 Å². The first-order valence-electron chi connectivity index (χ1n) is 6.87. The van der Waals surface area contributed by atoms with E-state index >= 15 is 0 Å². The van der Waals surface area contributed by atoms with Gasteiger partial charge >= 0.3 is 5.97 Å². The van der Waals surface area contributed by atoms with E-state index in [1.165, 1.54) is 0 Å². The summed E-state index contributed by atoms with van der Waals surface area (Å²) >= 11 is 0. The van der Waals surface area contributed by atoms with Crippen molar-refractivity contribution in [3.63, 3.8) is 0 Å². The molecule has 0 radical (unpaired) electrons. The summed E-state index contributed by atoms with van der Waals surface area (Å²) in [5, 5.41) is 28.3. The number of aliphatic hydroxyl groups excluding tert-OH is 2. The van der Waals surface area contributed by atoms with E-state index in [2.05, 4.69) is 0 Å². The molecular formula is C16H18O6. The highest BCUT2D eigenvalue weighted by molar-refractivity contribution is 5.73. The van der Waals surface area contributed by atoms with E-state index in [0.29, 0.717) is 5.75 Å². The number of carboxylic acids is 1. The number of carboxylic acid groups (broad SMARTS) is 1. The molecule has 1 aliphatic rings. The fourth-order valence-electron chi connectivity index (χ4n) is 2.03. The lowest BCUT2D eigenvalue weighted by atomic mass is 10.0. The van der Waals surface area contributed by atoms with E-state index in [-0.39, 0.29) is 6.42 Å². The first kappa shape index (κ1) is 16.2. The molecule has 0 bridgehead atoms. The quantitative estimate of drug-likeness (QED) is 0.774. The van der Waals surface area contributed by atoms with E-state index in [9.17, 15) is 15.0 Å². The van der Waals surface area contributed by atoms with Gasteiger partial charge in [-0.2, -0.15) is 0 Å². The van der Waals surface area contributed by atoms with Crippen molar-refractivity contribution in [2.24, 2.45) is 0 Å². The van der Waals surface area contributed by atoms with Crippen molar-refractivity contribution in [2.45, 2.75) is 31.0 Å². The molecule has 0 aliphatic carbocycles. The van der Waals surface area contributed by atoms with Crippen molar-refractivity contribution in [3.05, 3.63) is 54.6 Å². The second-order valence-electron chi connectivity index (χ2n) is 4.82. The highest BCUT2D eigenvalue weighted by Gasteiger charge is 2.41. The molecule has 6 nitrogen and oxygen atoms in total. The van der Waals surface area contributed by atoms with E-state index < -0.39 is 30.6 Å². The van der Waals surface area contributed by atoms with E-state index in [0.717, 1.165) is 0 Å². The SMILES string of the molecule is O=C(O)[C@H]1O[C@@H](Oc2ccccccccc2)C[C@@H](O)[C@@H]1O. The summed E-state index contributed by atoms with van der Waals surface area (Å²) < 4.78 is 10.8. The normalized spacial score (nSPS) is 27.5. The molecule has 22 heavy (non-hydrogen) atoms. The maximum Gasteiger partial charge on any atom is 0.335 e. The molecule has 1 heterocycles. The Labute approximate surface area is 127 Å². The lowest BCUT2D eigenvalue weighted by Crippen LogP contribution is -2.53. The Morgan fingerprint density at radius 3 is 2.14 bits per heavy atom. The Balaban J connectivity index is 2.15. The summed E-state index contributed by atoms with van der Waals surface area (Å²) in [7, 11) is 0. The zero-order valence-corrected chi connectivity index (χ0v) is 11.8. The number of carbonyl (C=O) groups is 1. The summed E-state index contributed by atoms with van der Waals surface area (Å²) in [5.41, 5.74) is 0. The Morgan fingerprint density at radius 2 is 1.59 bits per heavy atom. The second-order valence-corrected chi connectivity index (χ2v) is 4.82. The molecule has 0 saturated carbocycles. The molecule has 4 atom stereocenters. The number of aliphatic hydroxyl groups is 2. The fourth-order valence-corrected chi connectivity index (χ4v) is 2.03. The van der Waals surface area contributed by atoms with Crippen LogP contribution in [0, 0.1) is 0 Å². The topological polar surface area (TPSA) is 96.2 Å². The van der Waals surface area contributed by atoms with Gasteiger partial charge < -0.3 is 24.8 Å². The van der Waals surface area contributed by atoms with Crippen LogP contribution in [-0.4, -0.2) is 45.9 Å². The number of hydrogen-bond donors (Lipinski definition) is 3. The first-order valence-corrected chi connectivity index (χ1v) is 6.87. The van der Waals surface area contributed by atoms with Crippen LogP contribution in [0.1, 0.15) is 6.42 Å². The van der Waals surface area contributed by atoms with Gasteiger partial charge in [0, 0.05) is 6.42 Å². The predicted molar refractivity (Wildman–Crippen MR) is 77.6 cm³/mol. The third kappa shape index (κ3) is 4.42. The van der Waals surface area contributed by atoms with Crippen molar-refractivity contribution in [1.29, 1.82) is 0 Å². The minimum Gasteiger partial charge on any atom is -0.479 e. The van der Waals surface area contributed by atoms with Crippen molar-refractivity contribution in [1.82, 2.24) is 0 Å². The van der Waals surface area contributed by atoms with Crippen molar-refractivity contribution < 1.29 is 29.6 Å². The summed E-state index contributed by atoms with van der Waals surface area (Å²) in [6.45, 7) is 0. The van der Waals surface area contributed by atoms with E-state index in [1.54, 1.807) is 24.3 Å². The van der Waals surface area contributed by atoms with Crippen molar-refractivity contribution in [3.8, 4) is 5.75 Å². The maximum absolute atomic E-state index is 11.0. The lowest BCUT2D eigenvalue weighted by Gasteiger charge is -2.34. The van der Waals surface area contributed by atoms with Crippen LogP contribution < -0.4 is 4.74 Å². The van der Waals surface area contributed by atoms with Gasteiger partial charge in [0.25, 0.3) is 0 Å². The van der Waals surface area contributed by atoms with Crippen LogP contribution in [0.3, 0.4) is 0 Å². The summed E-state index contributed by atoms with van der Waals surface area (Å²) in [6.07, 6.45) is -5.18. The van der Waals surface area contributed by atoms with Gasteiger partial charge in [-0.25, -0.2) is 4.79 Å². The number of hydrogen-bond acceptors (Lipinski definition) is 5. The minimum absolute atomic E-state index is 0.0183. The van der Waals surface area contributed by atoms with Crippen LogP contribution >= 0.6 is 0 Å². The molecule has 2 rings (SSSR count). The fraction of sp³-hybridized carbons (Fsp3) is 0.312. The van der Waals surface area contributed by atoms with Crippen LogP contribution in [0.15, 0.2) is 54.6 Å². The molecule has 1 aliphatic heterocycles. The van der Waals surface area contributed by atoms with Gasteiger partial charge in [-0.05, 0) is 12.1 Å². The molecule has 0 spiro atoms. The second kappa shape index (κ2) is 7.74. The van der Waals surface area contributed by atoms with Crippen LogP contribution in [0.4, 0.5) is 0 Å². The predicted octanol–water partition coefficient (Wildman–Crippen LogP) is 1.11. The third-order valence-corrected chi connectivity index (χ3v) is 3.14. The average molecular weight is 306 g/mol. The Kier molecular flexibility index (Phi) is 5.71. The summed E-state index contributed by atoms with van der Waals surface area (Å²) in [6, 6.07) is 16.1. The Morgan fingerprint density at radius 1 is 1.05 bits per heavy atom. The monoisotopic (exact) mass is 306 g/mol. The Hall–Kier alpha value is -2.15. The first-order chi connectivity index (χ1) is 10.6. The van der Waals surface area contributed by atoms with Gasteiger partial charge in [0.15, 0.2) is 6.10 Å². The van der Waals surface area contributed by atoms with Gasteiger partial charge in [0.1, 0.15) is 11.9 Å². The van der Waals surface area contributed by atoms with E-state index in [1.807, 2.05) is 30.3 Å². The van der Waals surface area contributed by atoms with Gasteiger partial charge in [0.05, 0.1) is 6.10 Å². The molecule has 6 heteroatoms. The molecule has 1 saturated heterocycles. The summed E-state index contributed by atoms with van der Waals surface area (Å²) in [5.74, 6) is -0.891. The zero-order chi connectivity index (χ0) is 15.9. The molecule has 0 aromatic heterocycles. The zero-order valence-electron chi connectivity index (χ0n) is 11.8. The van der Waals surface area contributed by atoms with Crippen molar-refractivity contribution in [2.75, 3.05) is 0 Å². The van der Waals surface area contributed by atoms with Crippen molar-refractivity contribution >= 4 is 5.97 Å². The standard InChI is InChI=1S/C16H18O6/c17-12-10-13(22-15(14(12)18)16(19)20)21-11-8-6-4-2-1-3-5-7-9-11/h1-9,12-15,17-18H,10H2,(H,19,20)/t12-,13-,14+,15+/m1/s1. The Bertz CT molecular complexity index is 535. The number of aliphatic carboxylic acids is 1. The third-order valence-electron chi connectivity index (χ3n) is 3.14. The molecule has 0 unspecified atom stereocenters. The van der Waals surface area contributed by atoms with Gasteiger partial charge in [-0.1, -0.05) is 42.5 Å². The molecule has 0 amide bonds. The maximum atomic E-state index is 11.0. The van der Waals surface area contributed by atoms with Crippen LogP contribution in [-0.2, 0) is 9.53 Å². The van der Waals surface area contributed by atoms with Gasteiger partial charge in [-0.15, -0.1) is 0 Å². The molecule has 118 valence electrons. The molecular weight excluding hydrogens is 288 g/mol. The smallest absolute Gasteiger partial charge is 0.335 e. The highest BCUT2D eigenvalue weighted by Crippen LogP contribution is 2.23. The van der Waals surface area contributed by atoms with Crippen LogP contribution in [0.25, 0.3) is 0 Å². The highest BCUT2D eigenvalue weighted by atomic mass is 16.7. The number of ether oxygens (including phenoxy) is 2. The van der Waals surface area contributed by atoms with Gasteiger partial charge in [0.2, 0.25) is 6.29 Å². The largest absolute Gasteiger partial charge is 0.479 e. The summed E-state index contributed by atoms with van der Waals surface area (Å²) in [4.78, 5) is 11.0. The average Bonchev–Trinajstić information content (AvgIpc) is 2.49. The minimum atomic E-state index is -1.52. The van der Waals surface area contributed by atoms with Gasteiger partial charge in [-0.3, -0.25) is 0 Å². The lowest BCUT2D eigenvalue weighted by molar-refractivity contribution is -0.228. The molecule has 1 aromatic rings. The molecule has 1 aromatic carbocycles. The number of rotatable bonds is 3. The molecule has 1 fully saturated rings.